The number of unbranched alkanes of at least 4 members (excludes halogenated alkanes) is 18. The SMILES string of the molecule is CCCCC/C=C\C/C=C\CCCCCCCCC(CCCCCCCC/C=C\C/C=C\CCCCC)OCCCC(C)C. The minimum absolute atomic E-state index is 0.499. The summed E-state index contributed by atoms with van der Waals surface area (Å²) >= 11 is 0. The van der Waals surface area contributed by atoms with Gasteiger partial charge in [-0.25, -0.2) is 0 Å². The lowest BCUT2D eigenvalue weighted by Crippen LogP contribution is -2.14. The Morgan fingerprint density at radius 3 is 1.14 bits per heavy atom. The van der Waals surface area contributed by atoms with Crippen molar-refractivity contribution in [1.29, 1.82) is 0 Å². The molecule has 0 spiro atoms. The Bertz CT molecular complexity index is 591. The zero-order valence-electron chi connectivity index (χ0n) is 30.7. The summed E-state index contributed by atoms with van der Waals surface area (Å²) in [5.41, 5.74) is 0. The normalized spacial score (nSPS) is 12.6. The highest BCUT2D eigenvalue weighted by Gasteiger charge is 2.09. The molecule has 0 radical (unpaired) electrons. The highest BCUT2D eigenvalue weighted by atomic mass is 16.5. The molecule has 0 N–H and O–H groups in total. The van der Waals surface area contributed by atoms with E-state index in [2.05, 4.69) is 76.3 Å². The summed E-state index contributed by atoms with van der Waals surface area (Å²) in [7, 11) is 0. The van der Waals surface area contributed by atoms with Crippen molar-refractivity contribution >= 4 is 0 Å². The fraction of sp³-hybridized carbons (Fsp3) is 0.814. The second-order valence-electron chi connectivity index (χ2n) is 13.8. The van der Waals surface area contributed by atoms with Gasteiger partial charge in [0.15, 0.2) is 0 Å². The van der Waals surface area contributed by atoms with Crippen molar-refractivity contribution < 1.29 is 4.74 Å². The molecule has 0 bridgehead atoms. The number of hydrogen-bond donors (Lipinski definition) is 0. The van der Waals surface area contributed by atoms with Crippen LogP contribution >= 0.6 is 0 Å². The van der Waals surface area contributed by atoms with Crippen LogP contribution in [0.5, 0.6) is 0 Å². The molecule has 0 aromatic carbocycles. The summed E-state index contributed by atoms with van der Waals surface area (Å²) in [5, 5.41) is 0. The maximum atomic E-state index is 6.42. The first kappa shape index (κ1) is 42.9. The average molecular weight is 613 g/mol. The molecule has 0 atom stereocenters. The summed E-state index contributed by atoms with van der Waals surface area (Å²) in [6.07, 6.45) is 56.3. The van der Waals surface area contributed by atoms with Gasteiger partial charge in [-0.3, -0.25) is 0 Å². The third-order valence-electron chi connectivity index (χ3n) is 8.73. The minimum atomic E-state index is 0.499. The van der Waals surface area contributed by atoms with E-state index in [1.54, 1.807) is 0 Å². The Labute approximate surface area is 278 Å². The summed E-state index contributed by atoms with van der Waals surface area (Å²) in [6, 6.07) is 0. The Hall–Kier alpha value is -1.08. The van der Waals surface area contributed by atoms with Gasteiger partial charge in [0.2, 0.25) is 0 Å². The first-order valence-corrected chi connectivity index (χ1v) is 19.9. The Morgan fingerprint density at radius 2 is 0.750 bits per heavy atom. The summed E-state index contributed by atoms with van der Waals surface area (Å²) in [4.78, 5) is 0. The molecule has 1 heteroatoms. The molecule has 0 saturated heterocycles. The second-order valence-corrected chi connectivity index (χ2v) is 13.8. The molecule has 0 aromatic rings. The first-order chi connectivity index (χ1) is 21.7. The fourth-order valence-electron chi connectivity index (χ4n) is 5.77. The molecule has 0 unspecified atom stereocenters. The van der Waals surface area contributed by atoms with Crippen LogP contribution in [0.4, 0.5) is 0 Å². The van der Waals surface area contributed by atoms with Crippen molar-refractivity contribution in [3.8, 4) is 0 Å². The molecular weight excluding hydrogens is 532 g/mol. The molecular formula is C43H80O. The van der Waals surface area contributed by atoms with E-state index in [9.17, 15) is 0 Å². The van der Waals surface area contributed by atoms with E-state index in [0.29, 0.717) is 6.10 Å². The number of ether oxygens (including phenoxy) is 1. The van der Waals surface area contributed by atoms with Crippen molar-refractivity contribution in [1.82, 2.24) is 0 Å². The van der Waals surface area contributed by atoms with Gasteiger partial charge >= 0.3 is 0 Å². The standard InChI is InChI=1S/C43H80O/c1-5-7-9-11-13-15-17-19-21-23-25-27-29-31-33-35-39-43(44-41-37-38-42(3)4)40-36-34-32-30-28-26-24-22-20-18-16-14-12-10-8-6-2/h13-16,19-22,42-43H,5-12,17-18,23-41H2,1-4H3/b15-13-,16-14-,21-19-,22-20-. The monoisotopic (exact) mass is 613 g/mol. The Morgan fingerprint density at radius 1 is 0.386 bits per heavy atom. The van der Waals surface area contributed by atoms with Gasteiger partial charge in [-0.1, -0.05) is 166 Å². The smallest absolute Gasteiger partial charge is 0.0575 e. The van der Waals surface area contributed by atoms with Crippen molar-refractivity contribution in [3.63, 3.8) is 0 Å². The number of allylic oxidation sites excluding steroid dienone is 8. The molecule has 0 aliphatic heterocycles. The van der Waals surface area contributed by atoms with Crippen LogP contribution in [0.3, 0.4) is 0 Å². The summed E-state index contributed by atoms with van der Waals surface area (Å²) < 4.78 is 6.42. The highest BCUT2D eigenvalue weighted by Crippen LogP contribution is 2.18. The van der Waals surface area contributed by atoms with Crippen LogP contribution in [-0.4, -0.2) is 12.7 Å². The van der Waals surface area contributed by atoms with Gasteiger partial charge in [0.1, 0.15) is 0 Å². The molecule has 0 aliphatic rings. The van der Waals surface area contributed by atoms with Gasteiger partial charge in [0.25, 0.3) is 0 Å². The lowest BCUT2D eigenvalue weighted by Gasteiger charge is -2.18. The Balaban J connectivity index is 3.83. The molecule has 44 heavy (non-hydrogen) atoms. The minimum Gasteiger partial charge on any atom is -0.378 e. The summed E-state index contributed by atoms with van der Waals surface area (Å²) in [6.45, 7) is 10.2. The molecule has 0 fully saturated rings. The van der Waals surface area contributed by atoms with Crippen molar-refractivity contribution in [2.24, 2.45) is 5.92 Å². The highest BCUT2D eigenvalue weighted by molar-refractivity contribution is 4.93. The molecule has 0 rings (SSSR count). The van der Waals surface area contributed by atoms with E-state index in [1.807, 2.05) is 0 Å². The second kappa shape index (κ2) is 38.1. The molecule has 0 aliphatic carbocycles. The zero-order valence-corrected chi connectivity index (χ0v) is 30.7. The first-order valence-electron chi connectivity index (χ1n) is 19.9. The van der Waals surface area contributed by atoms with Crippen molar-refractivity contribution in [3.05, 3.63) is 48.6 Å². The van der Waals surface area contributed by atoms with E-state index < -0.39 is 0 Å². The summed E-state index contributed by atoms with van der Waals surface area (Å²) in [5.74, 6) is 0.789. The van der Waals surface area contributed by atoms with Gasteiger partial charge < -0.3 is 4.74 Å². The number of rotatable bonds is 35. The van der Waals surface area contributed by atoms with Gasteiger partial charge in [0.05, 0.1) is 6.10 Å². The van der Waals surface area contributed by atoms with Crippen molar-refractivity contribution in [2.75, 3.05) is 6.61 Å². The van der Waals surface area contributed by atoms with Gasteiger partial charge in [-0.2, -0.15) is 0 Å². The van der Waals surface area contributed by atoms with Crippen LogP contribution in [0, 0.1) is 5.92 Å². The topological polar surface area (TPSA) is 9.23 Å². The van der Waals surface area contributed by atoms with E-state index in [1.165, 1.54) is 167 Å². The van der Waals surface area contributed by atoms with Crippen LogP contribution in [0.2, 0.25) is 0 Å². The number of hydrogen-bond acceptors (Lipinski definition) is 1. The Kier molecular flexibility index (Phi) is 37.2. The molecule has 0 saturated carbocycles. The third-order valence-corrected chi connectivity index (χ3v) is 8.73. The molecule has 0 heterocycles. The van der Waals surface area contributed by atoms with Crippen LogP contribution in [0.15, 0.2) is 48.6 Å². The van der Waals surface area contributed by atoms with Crippen molar-refractivity contribution in [2.45, 2.75) is 214 Å². The predicted molar refractivity (Wildman–Crippen MR) is 202 cm³/mol. The lowest BCUT2D eigenvalue weighted by atomic mass is 10.0. The van der Waals surface area contributed by atoms with E-state index in [4.69, 9.17) is 4.74 Å². The van der Waals surface area contributed by atoms with E-state index >= 15 is 0 Å². The van der Waals surface area contributed by atoms with Crippen LogP contribution < -0.4 is 0 Å². The van der Waals surface area contributed by atoms with Crippen LogP contribution in [0.25, 0.3) is 0 Å². The third kappa shape index (κ3) is 37.1. The fourth-order valence-corrected chi connectivity index (χ4v) is 5.77. The zero-order chi connectivity index (χ0) is 32.0. The van der Waals surface area contributed by atoms with Gasteiger partial charge in [-0.05, 0) is 95.8 Å². The molecule has 0 amide bonds. The maximum absolute atomic E-state index is 6.42. The van der Waals surface area contributed by atoms with E-state index in [-0.39, 0.29) is 0 Å². The largest absolute Gasteiger partial charge is 0.378 e. The molecule has 258 valence electrons. The van der Waals surface area contributed by atoms with E-state index in [0.717, 1.165) is 25.4 Å². The predicted octanol–water partition coefficient (Wildman–Crippen LogP) is 15.2. The molecule has 0 aromatic heterocycles. The molecule has 1 nitrogen and oxygen atoms in total. The average Bonchev–Trinajstić information content (AvgIpc) is 3.02. The lowest BCUT2D eigenvalue weighted by molar-refractivity contribution is 0.0347. The van der Waals surface area contributed by atoms with Crippen LogP contribution in [-0.2, 0) is 4.74 Å². The van der Waals surface area contributed by atoms with Gasteiger partial charge in [-0.15, -0.1) is 0 Å². The quantitative estimate of drug-likeness (QED) is 0.0511. The maximum Gasteiger partial charge on any atom is 0.0575 e. The van der Waals surface area contributed by atoms with Crippen LogP contribution in [0.1, 0.15) is 207 Å². The van der Waals surface area contributed by atoms with Gasteiger partial charge in [0, 0.05) is 6.61 Å².